The normalized spacial score (nSPS) is 12.0. The van der Waals surface area contributed by atoms with Crippen LogP contribution in [0.3, 0.4) is 0 Å². The summed E-state index contributed by atoms with van der Waals surface area (Å²) in [6, 6.07) is 0. The quantitative estimate of drug-likeness (QED) is 0.594. The summed E-state index contributed by atoms with van der Waals surface area (Å²) >= 11 is 2.56. The summed E-state index contributed by atoms with van der Waals surface area (Å²) in [7, 11) is 0. The molecular formula is C8H20IN. The lowest BCUT2D eigenvalue weighted by molar-refractivity contribution is 0.383. The fourth-order valence-corrected chi connectivity index (χ4v) is 0.667. The van der Waals surface area contributed by atoms with Crippen LogP contribution >= 0.6 is 22.6 Å². The van der Waals surface area contributed by atoms with Crippen LogP contribution < -0.4 is 6.15 Å². The van der Waals surface area contributed by atoms with E-state index in [0.29, 0.717) is 3.42 Å². The number of alkyl halides is 1. The average Bonchev–Trinajstić information content (AvgIpc) is 1.65. The molecule has 0 heterocycles. The lowest BCUT2D eigenvalue weighted by Crippen LogP contribution is -2.29. The summed E-state index contributed by atoms with van der Waals surface area (Å²) in [6.07, 6.45) is 0. The fraction of sp³-hybridized carbons (Fsp3) is 1.00. The Hall–Kier alpha value is 0.690. The van der Waals surface area contributed by atoms with Crippen LogP contribution in [-0.4, -0.2) is 3.42 Å². The first-order chi connectivity index (χ1) is 3.89. The predicted octanol–water partition coefficient (Wildman–Crippen LogP) is 3.65. The minimum absolute atomic E-state index is 0. The van der Waals surface area contributed by atoms with E-state index in [1.165, 1.54) is 0 Å². The molecule has 0 aliphatic heterocycles. The fourth-order valence-electron chi connectivity index (χ4n) is 0.667. The summed E-state index contributed by atoms with van der Waals surface area (Å²) in [4.78, 5) is 0. The molecule has 0 rings (SSSR count). The van der Waals surface area contributed by atoms with Gasteiger partial charge in [-0.25, -0.2) is 0 Å². The van der Waals surface area contributed by atoms with Crippen molar-refractivity contribution in [2.24, 2.45) is 11.8 Å². The Balaban J connectivity index is 0. The Labute approximate surface area is 78.7 Å². The molecule has 0 atom stereocenters. The highest BCUT2D eigenvalue weighted by atomic mass is 127. The van der Waals surface area contributed by atoms with Crippen LogP contribution in [0.4, 0.5) is 0 Å². The van der Waals surface area contributed by atoms with Gasteiger partial charge in [0.15, 0.2) is 0 Å². The Morgan fingerprint density at radius 3 is 1.20 bits per heavy atom. The zero-order chi connectivity index (χ0) is 7.65. The zero-order valence-corrected chi connectivity index (χ0v) is 9.90. The summed E-state index contributed by atoms with van der Waals surface area (Å²) in [5, 5.41) is 0. The second-order valence-corrected chi connectivity index (χ2v) is 5.78. The summed E-state index contributed by atoms with van der Waals surface area (Å²) in [5.41, 5.74) is 0. The molecule has 0 saturated carbocycles. The summed E-state index contributed by atoms with van der Waals surface area (Å²) in [6.45, 7) is 11.5. The van der Waals surface area contributed by atoms with Gasteiger partial charge in [0, 0.05) is 3.42 Å². The van der Waals surface area contributed by atoms with Crippen molar-refractivity contribution in [3.05, 3.63) is 0 Å². The van der Waals surface area contributed by atoms with Crippen LogP contribution in [0.25, 0.3) is 0 Å². The molecule has 0 unspecified atom stereocenters. The van der Waals surface area contributed by atoms with Crippen LogP contribution in [0.5, 0.6) is 0 Å². The molecule has 2 heteroatoms. The SMILES string of the molecule is CC(C)C(C)(I)C(C)C.N. The molecule has 0 radical (unpaired) electrons. The van der Waals surface area contributed by atoms with Crippen LogP contribution in [0.15, 0.2) is 0 Å². The Morgan fingerprint density at radius 1 is 1.00 bits per heavy atom. The molecule has 0 spiro atoms. The predicted molar refractivity (Wildman–Crippen MR) is 57.1 cm³/mol. The molecule has 0 amide bonds. The molecule has 0 aliphatic rings. The van der Waals surface area contributed by atoms with Crippen LogP contribution in [0.2, 0.25) is 0 Å². The Kier molecular flexibility index (Phi) is 6.04. The first kappa shape index (κ1) is 13.3. The maximum absolute atomic E-state index is 2.56. The highest BCUT2D eigenvalue weighted by Crippen LogP contribution is 2.34. The molecule has 0 aromatic heterocycles. The van der Waals surface area contributed by atoms with Gasteiger partial charge in [-0.1, -0.05) is 57.2 Å². The second kappa shape index (κ2) is 4.54. The van der Waals surface area contributed by atoms with Crippen molar-refractivity contribution in [2.45, 2.75) is 38.0 Å². The number of halogens is 1. The van der Waals surface area contributed by atoms with Gasteiger partial charge in [-0.15, -0.1) is 0 Å². The smallest absolute Gasteiger partial charge is 0.0240 e. The molecule has 1 nitrogen and oxygen atoms in total. The number of rotatable bonds is 2. The van der Waals surface area contributed by atoms with Gasteiger partial charge < -0.3 is 6.15 Å². The molecule has 0 aromatic carbocycles. The summed E-state index contributed by atoms with van der Waals surface area (Å²) < 4.78 is 0.470. The van der Waals surface area contributed by atoms with E-state index in [1.807, 2.05) is 0 Å². The second-order valence-electron chi connectivity index (χ2n) is 3.46. The lowest BCUT2D eigenvalue weighted by Gasteiger charge is -2.31. The first-order valence-electron chi connectivity index (χ1n) is 3.58. The van der Waals surface area contributed by atoms with Gasteiger partial charge in [0.05, 0.1) is 0 Å². The molecule has 0 saturated heterocycles. The maximum Gasteiger partial charge on any atom is 0.0240 e. The highest BCUT2D eigenvalue weighted by Gasteiger charge is 2.27. The van der Waals surface area contributed by atoms with Gasteiger partial charge in [-0.05, 0) is 11.8 Å². The van der Waals surface area contributed by atoms with Crippen molar-refractivity contribution < 1.29 is 0 Å². The lowest BCUT2D eigenvalue weighted by atomic mass is 9.87. The average molecular weight is 257 g/mol. The van der Waals surface area contributed by atoms with Crippen molar-refractivity contribution in [3.63, 3.8) is 0 Å². The van der Waals surface area contributed by atoms with Crippen LogP contribution in [0, 0.1) is 11.8 Å². The third kappa shape index (κ3) is 3.19. The van der Waals surface area contributed by atoms with E-state index in [0.717, 1.165) is 11.8 Å². The van der Waals surface area contributed by atoms with Gasteiger partial charge in [-0.3, -0.25) is 0 Å². The van der Waals surface area contributed by atoms with Crippen molar-refractivity contribution in [1.29, 1.82) is 0 Å². The van der Waals surface area contributed by atoms with Crippen molar-refractivity contribution in [2.75, 3.05) is 0 Å². The molecule has 64 valence electrons. The zero-order valence-electron chi connectivity index (χ0n) is 7.74. The van der Waals surface area contributed by atoms with E-state index >= 15 is 0 Å². The summed E-state index contributed by atoms with van der Waals surface area (Å²) in [5.74, 6) is 1.55. The minimum Gasteiger partial charge on any atom is -0.344 e. The van der Waals surface area contributed by atoms with E-state index < -0.39 is 0 Å². The Morgan fingerprint density at radius 2 is 1.20 bits per heavy atom. The molecule has 0 aromatic rings. The van der Waals surface area contributed by atoms with E-state index in [-0.39, 0.29) is 6.15 Å². The third-order valence-electron chi connectivity index (χ3n) is 2.26. The van der Waals surface area contributed by atoms with Crippen LogP contribution in [0.1, 0.15) is 34.6 Å². The van der Waals surface area contributed by atoms with E-state index in [2.05, 4.69) is 57.2 Å². The maximum atomic E-state index is 2.56. The number of hydrogen-bond donors (Lipinski definition) is 1. The third-order valence-corrected chi connectivity index (χ3v) is 4.75. The molecule has 0 aliphatic carbocycles. The molecule has 3 N–H and O–H groups in total. The largest absolute Gasteiger partial charge is 0.344 e. The van der Waals surface area contributed by atoms with E-state index in [1.54, 1.807) is 0 Å². The van der Waals surface area contributed by atoms with Gasteiger partial charge in [0.25, 0.3) is 0 Å². The molecular weight excluding hydrogens is 237 g/mol. The van der Waals surface area contributed by atoms with Crippen molar-refractivity contribution >= 4 is 22.6 Å². The number of hydrogen-bond acceptors (Lipinski definition) is 1. The monoisotopic (exact) mass is 257 g/mol. The highest BCUT2D eigenvalue weighted by molar-refractivity contribution is 14.1. The molecule has 0 bridgehead atoms. The Bertz CT molecular complexity index is 77.3. The van der Waals surface area contributed by atoms with Crippen molar-refractivity contribution in [1.82, 2.24) is 6.15 Å². The van der Waals surface area contributed by atoms with E-state index in [9.17, 15) is 0 Å². The van der Waals surface area contributed by atoms with Crippen LogP contribution in [-0.2, 0) is 0 Å². The molecule has 0 fully saturated rings. The van der Waals surface area contributed by atoms with Gasteiger partial charge in [0.1, 0.15) is 0 Å². The van der Waals surface area contributed by atoms with E-state index in [4.69, 9.17) is 0 Å². The standard InChI is InChI=1S/C8H17I.H3N/c1-6(2)8(5,9)7(3)4;/h6-7H,1-5H3;1H3. The topological polar surface area (TPSA) is 35.0 Å². The minimum atomic E-state index is 0. The van der Waals surface area contributed by atoms with Gasteiger partial charge in [-0.2, -0.15) is 0 Å². The first-order valence-corrected chi connectivity index (χ1v) is 4.65. The van der Waals surface area contributed by atoms with Crippen molar-refractivity contribution in [3.8, 4) is 0 Å². The molecule has 10 heavy (non-hydrogen) atoms. The van der Waals surface area contributed by atoms with Gasteiger partial charge in [0.2, 0.25) is 0 Å². The van der Waals surface area contributed by atoms with Gasteiger partial charge >= 0.3 is 0 Å².